The van der Waals surface area contributed by atoms with Crippen molar-refractivity contribution in [2.75, 3.05) is 11.9 Å². The SMILES string of the molecule is Cc1cc2oc(-c3ccccc3Cl)c(OCC(=O)Nc3ccc(Cl)cc3)c(=O)c2cc1C. The lowest BCUT2D eigenvalue weighted by molar-refractivity contribution is -0.118. The van der Waals surface area contributed by atoms with Crippen LogP contribution in [0.3, 0.4) is 0 Å². The number of anilines is 1. The normalized spacial score (nSPS) is 10.9. The molecule has 4 aromatic rings. The molecule has 0 unspecified atom stereocenters. The molecule has 3 aromatic carbocycles. The average Bonchev–Trinajstić information content (AvgIpc) is 2.76. The Balaban J connectivity index is 1.73. The van der Waals surface area contributed by atoms with E-state index >= 15 is 0 Å². The lowest BCUT2D eigenvalue weighted by Crippen LogP contribution is -2.22. The summed E-state index contributed by atoms with van der Waals surface area (Å²) in [4.78, 5) is 25.8. The van der Waals surface area contributed by atoms with E-state index in [1.165, 1.54) is 0 Å². The molecule has 7 heteroatoms. The first-order chi connectivity index (χ1) is 15.3. The molecule has 1 amide bonds. The molecule has 5 nitrogen and oxygen atoms in total. The summed E-state index contributed by atoms with van der Waals surface area (Å²) in [6, 6.07) is 17.2. The van der Waals surface area contributed by atoms with Crippen molar-refractivity contribution in [3.63, 3.8) is 0 Å². The number of aryl methyl sites for hydroxylation is 2. The largest absolute Gasteiger partial charge is 0.476 e. The second-order valence-electron chi connectivity index (χ2n) is 7.35. The van der Waals surface area contributed by atoms with Gasteiger partial charge in [-0.25, -0.2) is 0 Å². The number of nitrogens with one attached hydrogen (secondary N) is 1. The molecule has 0 saturated heterocycles. The van der Waals surface area contributed by atoms with E-state index in [4.69, 9.17) is 32.4 Å². The van der Waals surface area contributed by atoms with Crippen LogP contribution in [0.2, 0.25) is 10.0 Å². The molecule has 32 heavy (non-hydrogen) atoms. The summed E-state index contributed by atoms with van der Waals surface area (Å²) in [5.74, 6) is -0.326. The molecular formula is C25H19Cl2NO4. The quantitative estimate of drug-likeness (QED) is 0.368. The number of carbonyl (C=O) groups excluding carboxylic acids is 1. The minimum atomic E-state index is -0.433. The molecule has 0 aliphatic carbocycles. The van der Waals surface area contributed by atoms with E-state index in [-0.39, 0.29) is 23.5 Å². The number of carbonyl (C=O) groups is 1. The van der Waals surface area contributed by atoms with Crippen molar-refractivity contribution in [3.8, 4) is 17.1 Å². The zero-order chi connectivity index (χ0) is 22.8. The van der Waals surface area contributed by atoms with Gasteiger partial charge in [0, 0.05) is 16.3 Å². The fourth-order valence-corrected chi connectivity index (χ4v) is 3.60. The van der Waals surface area contributed by atoms with Gasteiger partial charge in [0.05, 0.1) is 10.4 Å². The molecule has 162 valence electrons. The van der Waals surface area contributed by atoms with Crippen molar-refractivity contribution in [2.24, 2.45) is 0 Å². The minimum absolute atomic E-state index is 0.0693. The standard InChI is InChI=1S/C25H19Cl2NO4/c1-14-11-19-21(12-15(14)2)32-24(18-5-3-4-6-20(18)27)25(23(19)30)31-13-22(29)28-17-9-7-16(26)8-10-17/h3-12H,13H2,1-2H3,(H,28,29). The van der Waals surface area contributed by atoms with Crippen LogP contribution in [0.5, 0.6) is 5.75 Å². The van der Waals surface area contributed by atoms with Crippen LogP contribution in [-0.4, -0.2) is 12.5 Å². The molecule has 0 atom stereocenters. The van der Waals surface area contributed by atoms with Crippen molar-refractivity contribution < 1.29 is 13.9 Å². The fraction of sp³-hybridized carbons (Fsp3) is 0.120. The van der Waals surface area contributed by atoms with Gasteiger partial charge < -0.3 is 14.5 Å². The third-order valence-corrected chi connectivity index (χ3v) is 5.64. The third-order valence-electron chi connectivity index (χ3n) is 5.06. The van der Waals surface area contributed by atoms with Crippen molar-refractivity contribution in [3.05, 3.63) is 92.1 Å². The zero-order valence-electron chi connectivity index (χ0n) is 17.4. The monoisotopic (exact) mass is 467 g/mol. The van der Waals surface area contributed by atoms with Gasteiger partial charge in [0.25, 0.3) is 5.91 Å². The third kappa shape index (κ3) is 4.49. The van der Waals surface area contributed by atoms with Crippen LogP contribution < -0.4 is 15.5 Å². The number of amides is 1. The van der Waals surface area contributed by atoms with E-state index in [0.717, 1.165) is 11.1 Å². The Bertz CT molecular complexity index is 1380. The number of rotatable bonds is 5. The first-order valence-corrected chi connectivity index (χ1v) is 10.6. The molecule has 4 rings (SSSR count). The van der Waals surface area contributed by atoms with Gasteiger partial charge in [-0.15, -0.1) is 0 Å². The fourth-order valence-electron chi connectivity index (χ4n) is 3.26. The van der Waals surface area contributed by atoms with E-state index in [1.54, 1.807) is 54.6 Å². The molecule has 0 aliphatic heterocycles. The maximum absolute atomic E-state index is 13.3. The number of fused-ring (bicyclic) bond motifs is 1. The predicted octanol–water partition coefficient (Wildman–Crippen LogP) is 6.40. The van der Waals surface area contributed by atoms with Gasteiger partial charge in [-0.1, -0.05) is 35.3 Å². The average molecular weight is 468 g/mol. The van der Waals surface area contributed by atoms with Crippen LogP contribution in [0.1, 0.15) is 11.1 Å². The Kier molecular flexibility index (Phi) is 6.21. The molecule has 1 heterocycles. The Labute approximate surface area is 194 Å². The van der Waals surface area contributed by atoms with E-state index in [1.807, 2.05) is 19.9 Å². The van der Waals surface area contributed by atoms with E-state index in [0.29, 0.717) is 32.3 Å². The van der Waals surface area contributed by atoms with Crippen molar-refractivity contribution >= 4 is 45.8 Å². The van der Waals surface area contributed by atoms with Gasteiger partial charge in [0.1, 0.15) is 5.58 Å². The van der Waals surface area contributed by atoms with Crippen molar-refractivity contribution in [1.82, 2.24) is 0 Å². The number of benzene rings is 3. The van der Waals surface area contributed by atoms with Crippen LogP contribution in [0.4, 0.5) is 5.69 Å². The summed E-state index contributed by atoms with van der Waals surface area (Å²) in [5, 5.41) is 4.03. The first kappa shape index (κ1) is 21.9. The summed E-state index contributed by atoms with van der Waals surface area (Å²) in [6.07, 6.45) is 0. The molecule has 0 spiro atoms. The number of hydrogen-bond donors (Lipinski definition) is 1. The lowest BCUT2D eigenvalue weighted by Gasteiger charge is -2.13. The lowest BCUT2D eigenvalue weighted by atomic mass is 10.0. The molecular weight excluding hydrogens is 449 g/mol. The smallest absolute Gasteiger partial charge is 0.262 e. The zero-order valence-corrected chi connectivity index (χ0v) is 18.9. The molecule has 1 aromatic heterocycles. The Hall–Kier alpha value is -3.28. The van der Waals surface area contributed by atoms with E-state index in [2.05, 4.69) is 5.32 Å². The maximum atomic E-state index is 13.3. The highest BCUT2D eigenvalue weighted by molar-refractivity contribution is 6.33. The van der Waals surface area contributed by atoms with Gasteiger partial charge in [-0.3, -0.25) is 9.59 Å². The van der Waals surface area contributed by atoms with Crippen LogP contribution in [-0.2, 0) is 4.79 Å². The van der Waals surface area contributed by atoms with Crippen LogP contribution in [0.15, 0.2) is 69.9 Å². The number of ether oxygens (including phenoxy) is 1. The minimum Gasteiger partial charge on any atom is -0.476 e. The summed E-state index contributed by atoms with van der Waals surface area (Å²) < 4.78 is 11.8. The van der Waals surface area contributed by atoms with E-state index in [9.17, 15) is 9.59 Å². The first-order valence-electron chi connectivity index (χ1n) is 9.84. The second kappa shape index (κ2) is 9.07. The molecule has 0 saturated carbocycles. The number of halogens is 2. The molecule has 0 radical (unpaired) electrons. The van der Waals surface area contributed by atoms with Crippen LogP contribution in [0, 0.1) is 13.8 Å². The van der Waals surface area contributed by atoms with E-state index < -0.39 is 5.91 Å². The number of hydrogen-bond acceptors (Lipinski definition) is 4. The van der Waals surface area contributed by atoms with Crippen LogP contribution in [0.25, 0.3) is 22.3 Å². The highest BCUT2D eigenvalue weighted by Crippen LogP contribution is 2.35. The Morgan fingerprint density at radius 3 is 2.41 bits per heavy atom. The summed E-state index contributed by atoms with van der Waals surface area (Å²) in [5.41, 5.74) is 3.04. The molecule has 1 N–H and O–H groups in total. The summed E-state index contributed by atoms with van der Waals surface area (Å²) >= 11 is 12.2. The van der Waals surface area contributed by atoms with Gasteiger partial charge in [0.15, 0.2) is 12.4 Å². The Morgan fingerprint density at radius 1 is 1.00 bits per heavy atom. The van der Waals surface area contributed by atoms with Gasteiger partial charge in [-0.2, -0.15) is 0 Å². The predicted molar refractivity (Wildman–Crippen MR) is 128 cm³/mol. The maximum Gasteiger partial charge on any atom is 0.262 e. The molecule has 0 bridgehead atoms. The van der Waals surface area contributed by atoms with Gasteiger partial charge in [0.2, 0.25) is 11.2 Å². The highest BCUT2D eigenvalue weighted by Gasteiger charge is 2.21. The van der Waals surface area contributed by atoms with Gasteiger partial charge >= 0.3 is 0 Å². The topological polar surface area (TPSA) is 68.5 Å². The van der Waals surface area contributed by atoms with Crippen molar-refractivity contribution in [1.29, 1.82) is 0 Å². The second-order valence-corrected chi connectivity index (χ2v) is 8.19. The molecule has 0 fully saturated rings. The molecule has 0 aliphatic rings. The van der Waals surface area contributed by atoms with Gasteiger partial charge in [-0.05, 0) is 73.5 Å². The van der Waals surface area contributed by atoms with Crippen LogP contribution >= 0.6 is 23.2 Å². The van der Waals surface area contributed by atoms with Crippen molar-refractivity contribution in [2.45, 2.75) is 13.8 Å². The Morgan fingerprint density at radius 2 is 1.69 bits per heavy atom. The highest BCUT2D eigenvalue weighted by atomic mass is 35.5. The summed E-state index contributed by atoms with van der Waals surface area (Å²) in [6.45, 7) is 3.47. The summed E-state index contributed by atoms with van der Waals surface area (Å²) in [7, 11) is 0.